The van der Waals surface area contributed by atoms with Gasteiger partial charge in [-0.25, -0.2) is 0 Å². The van der Waals surface area contributed by atoms with Gasteiger partial charge in [-0.15, -0.1) is 11.3 Å². The number of para-hydroxylation sites is 4. The van der Waals surface area contributed by atoms with Crippen molar-refractivity contribution < 1.29 is 0 Å². The van der Waals surface area contributed by atoms with Crippen LogP contribution in [0, 0.1) is 0 Å². The maximum absolute atomic E-state index is 2.52. The number of hydrogen-bond acceptors (Lipinski definition) is 1. The summed E-state index contributed by atoms with van der Waals surface area (Å²) in [4.78, 5) is 0. The van der Waals surface area contributed by atoms with Crippen LogP contribution < -0.4 is 0 Å². The Morgan fingerprint density at radius 3 is 1.22 bits per heavy atom. The lowest BCUT2D eigenvalue weighted by atomic mass is 9.98. The van der Waals surface area contributed by atoms with Crippen LogP contribution in [-0.2, 0) is 0 Å². The first-order valence-electron chi connectivity index (χ1n) is 21.9. The van der Waals surface area contributed by atoms with Crippen molar-refractivity contribution in [2.45, 2.75) is 0 Å². The van der Waals surface area contributed by atoms with Crippen molar-refractivity contribution in [2.24, 2.45) is 0 Å². The number of fused-ring (bicyclic) bond motifs is 12. The van der Waals surface area contributed by atoms with Crippen LogP contribution in [0.3, 0.4) is 0 Å². The Kier molecular flexibility index (Phi) is 7.56. The summed E-state index contributed by atoms with van der Waals surface area (Å²) in [6.45, 7) is 0. The highest BCUT2D eigenvalue weighted by molar-refractivity contribution is 7.26. The van der Waals surface area contributed by atoms with E-state index in [-0.39, 0.29) is 0 Å². The molecule has 0 amide bonds. The van der Waals surface area contributed by atoms with Gasteiger partial charge in [0.1, 0.15) is 0 Å². The third-order valence-electron chi connectivity index (χ3n) is 13.4. The quantitative estimate of drug-likeness (QED) is 0.164. The van der Waals surface area contributed by atoms with Crippen molar-refractivity contribution in [3.05, 3.63) is 224 Å². The average molecular weight is 832 g/mol. The molecule has 298 valence electrons. The van der Waals surface area contributed by atoms with Gasteiger partial charge in [0.2, 0.25) is 0 Å². The van der Waals surface area contributed by atoms with Crippen molar-refractivity contribution in [2.75, 3.05) is 0 Å². The fourth-order valence-corrected chi connectivity index (χ4v) is 11.8. The summed E-state index contributed by atoms with van der Waals surface area (Å²) in [5.74, 6) is 0. The molecule has 0 radical (unpaired) electrons. The molecule has 14 aromatic rings. The zero-order valence-electron chi connectivity index (χ0n) is 34.6. The van der Waals surface area contributed by atoms with E-state index < -0.39 is 0 Å². The zero-order chi connectivity index (χ0) is 41.9. The molecule has 0 saturated carbocycles. The number of benzene rings is 10. The zero-order valence-corrected chi connectivity index (χ0v) is 35.4. The predicted molar refractivity (Wildman–Crippen MR) is 273 cm³/mol. The van der Waals surface area contributed by atoms with Crippen LogP contribution >= 0.6 is 11.3 Å². The van der Waals surface area contributed by atoms with E-state index in [4.69, 9.17) is 0 Å². The van der Waals surface area contributed by atoms with E-state index in [1.807, 2.05) is 11.3 Å². The van der Waals surface area contributed by atoms with Crippen LogP contribution in [0.1, 0.15) is 0 Å². The van der Waals surface area contributed by atoms with Crippen molar-refractivity contribution in [3.63, 3.8) is 0 Å². The monoisotopic (exact) mass is 831 g/mol. The Morgan fingerprint density at radius 1 is 0.250 bits per heavy atom. The molecular weight excluding hydrogens is 795 g/mol. The molecule has 0 aliphatic rings. The minimum atomic E-state index is 1.14. The van der Waals surface area contributed by atoms with Gasteiger partial charge in [0.15, 0.2) is 0 Å². The van der Waals surface area contributed by atoms with Gasteiger partial charge < -0.3 is 13.7 Å². The Labute approximate surface area is 372 Å². The van der Waals surface area contributed by atoms with Crippen LogP contribution in [0.15, 0.2) is 224 Å². The van der Waals surface area contributed by atoms with E-state index in [0.29, 0.717) is 0 Å². The minimum Gasteiger partial charge on any atom is -0.309 e. The molecule has 0 unspecified atom stereocenters. The first-order chi connectivity index (χ1) is 31.7. The lowest BCUT2D eigenvalue weighted by Crippen LogP contribution is -1.97. The maximum atomic E-state index is 2.52. The normalized spacial score (nSPS) is 12.1. The number of thiophene rings is 1. The predicted octanol–water partition coefficient (Wildman–Crippen LogP) is 16.7. The first kappa shape index (κ1) is 35.4. The second-order valence-electron chi connectivity index (χ2n) is 16.9. The molecule has 0 spiro atoms. The van der Waals surface area contributed by atoms with Crippen LogP contribution in [0.2, 0.25) is 0 Å². The van der Waals surface area contributed by atoms with Gasteiger partial charge in [0.25, 0.3) is 0 Å². The smallest absolute Gasteiger partial charge is 0.0561 e. The summed E-state index contributed by atoms with van der Waals surface area (Å²) >= 11 is 1.88. The molecule has 0 bridgehead atoms. The van der Waals surface area contributed by atoms with Gasteiger partial charge in [0.05, 0.1) is 38.8 Å². The van der Waals surface area contributed by atoms with Crippen LogP contribution in [0.4, 0.5) is 0 Å². The Balaban J connectivity index is 0.978. The highest BCUT2D eigenvalue weighted by Gasteiger charge is 2.21. The lowest BCUT2D eigenvalue weighted by Gasteiger charge is -2.14. The summed E-state index contributed by atoms with van der Waals surface area (Å²) in [6.07, 6.45) is 0. The number of rotatable bonds is 5. The highest BCUT2D eigenvalue weighted by Crippen LogP contribution is 2.45. The van der Waals surface area contributed by atoms with E-state index in [2.05, 4.69) is 238 Å². The van der Waals surface area contributed by atoms with Crippen LogP contribution in [0.25, 0.3) is 125 Å². The average Bonchev–Trinajstić information content (AvgIpc) is 4.10. The van der Waals surface area contributed by atoms with E-state index in [9.17, 15) is 0 Å². The molecule has 4 aromatic heterocycles. The molecule has 0 aliphatic heterocycles. The summed E-state index contributed by atoms with van der Waals surface area (Å²) in [7, 11) is 0. The third-order valence-corrected chi connectivity index (χ3v) is 14.6. The number of aromatic nitrogens is 3. The van der Waals surface area contributed by atoms with Gasteiger partial charge in [-0.05, 0) is 101 Å². The molecular formula is C60H37N3S. The molecule has 3 nitrogen and oxygen atoms in total. The second kappa shape index (κ2) is 13.7. The third kappa shape index (κ3) is 5.15. The largest absolute Gasteiger partial charge is 0.309 e. The highest BCUT2D eigenvalue weighted by atomic mass is 32.1. The minimum absolute atomic E-state index is 1.14. The summed E-state index contributed by atoms with van der Waals surface area (Å²) in [5, 5.41) is 10.1. The molecule has 4 heteroatoms. The molecule has 64 heavy (non-hydrogen) atoms. The Morgan fingerprint density at radius 2 is 0.656 bits per heavy atom. The molecule has 0 aliphatic carbocycles. The van der Waals surface area contributed by atoms with Crippen molar-refractivity contribution in [1.29, 1.82) is 0 Å². The Hall–Kier alpha value is -8.18. The molecule has 0 N–H and O–H groups in total. The van der Waals surface area contributed by atoms with Gasteiger partial charge >= 0.3 is 0 Å². The van der Waals surface area contributed by atoms with E-state index in [0.717, 1.165) is 11.4 Å². The first-order valence-corrected chi connectivity index (χ1v) is 22.7. The topological polar surface area (TPSA) is 14.8 Å². The standard InChI is InChI=1S/C60H37N3S/c1-2-14-38(15-3-1)39-26-28-40(29-27-39)41-34-57(60-48-20-8-13-25-58(48)64-59(60)35-41)63-54-24-12-7-19-47(54)50-37-43(31-33-56(50)63)62-53-23-11-6-18-46(53)49-36-42(30-32-55(49)62)61-51-21-9-4-16-44(51)45-17-5-10-22-52(45)61/h1-37H. The van der Waals surface area contributed by atoms with Gasteiger partial charge in [-0.2, -0.15) is 0 Å². The van der Waals surface area contributed by atoms with Crippen LogP contribution in [0.5, 0.6) is 0 Å². The SMILES string of the molecule is c1ccc(-c2ccc(-c3cc(-n4c5ccccc5c5cc(-n6c7ccccc7c7cc(-n8c9ccccc9c9ccccc98)ccc76)ccc54)c4c(c3)sc3ccccc34)cc2)cc1. The number of hydrogen-bond donors (Lipinski definition) is 0. The fraction of sp³-hybridized carbons (Fsp3) is 0. The van der Waals surface area contributed by atoms with Gasteiger partial charge in [-0.3, -0.25) is 0 Å². The van der Waals surface area contributed by atoms with Crippen molar-refractivity contribution >= 4 is 96.9 Å². The maximum Gasteiger partial charge on any atom is 0.0561 e. The fourth-order valence-electron chi connectivity index (χ4n) is 10.6. The Bertz CT molecular complexity index is 4130. The lowest BCUT2D eigenvalue weighted by molar-refractivity contribution is 1.16. The molecule has 10 aromatic carbocycles. The molecule has 0 atom stereocenters. The molecule has 14 rings (SSSR count). The molecule has 4 heterocycles. The molecule has 0 fully saturated rings. The van der Waals surface area contributed by atoms with Gasteiger partial charge in [0, 0.05) is 63.9 Å². The second-order valence-corrected chi connectivity index (χ2v) is 18.0. The van der Waals surface area contributed by atoms with Crippen molar-refractivity contribution in [3.8, 4) is 39.3 Å². The van der Waals surface area contributed by atoms with Crippen LogP contribution in [-0.4, -0.2) is 13.7 Å². The van der Waals surface area contributed by atoms with Crippen molar-refractivity contribution in [1.82, 2.24) is 13.7 Å². The summed E-state index contributed by atoms with van der Waals surface area (Å²) < 4.78 is 9.97. The van der Waals surface area contributed by atoms with E-state index in [1.54, 1.807) is 0 Å². The van der Waals surface area contributed by atoms with E-state index in [1.165, 1.54) is 114 Å². The van der Waals surface area contributed by atoms with E-state index >= 15 is 0 Å². The molecule has 0 saturated heterocycles. The summed E-state index contributed by atoms with van der Waals surface area (Å²) in [5.41, 5.74) is 15.6. The summed E-state index contributed by atoms with van der Waals surface area (Å²) in [6, 6.07) is 82.7. The van der Waals surface area contributed by atoms with Gasteiger partial charge in [-0.1, -0.05) is 146 Å². The number of nitrogens with zero attached hydrogens (tertiary/aromatic N) is 3.